The van der Waals surface area contributed by atoms with Gasteiger partial charge in [0.1, 0.15) is 5.82 Å². The number of aromatic nitrogens is 1. The Balaban J connectivity index is 2.86. The SMILES string of the molecule is CC[C@@H](CO)Nc1cccc(=O)n1C. The first kappa shape index (κ1) is 10.8. The topological polar surface area (TPSA) is 54.3 Å². The Morgan fingerprint density at radius 2 is 2.29 bits per heavy atom. The number of hydrogen-bond donors (Lipinski definition) is 2. The summed E-state index contributed by atoms with van der Waals surface area (Å²) >= 11 is 0. The molecule has 0 unspecified atom stereocenters. The lowest BCUT2D eigenvalue weighted by molar-refractivity contribution is 0.271. The Hall–Kier alpha value is -1.29. The molecule has 0 saturated carbocycles. The number of aliphatic hydroxyl groups excluding tert-OH is 1. The molecule has 0 saturated heterocycles. The predicted octanol–water partition coefficient (Wildman–Crippen LogP) is 0.568. The summed E-state index contributed by atoms with van der Waals surface area (Å²) < 4.78 is 1.53. The number of anilines is 1. The van der Waals surface area contributed by atoms with Crippen LogP contribution in [-0.4, -0.2) is 22.3 Å². The van der Waals surface area contributed by atoms with Crippen molar-refractivity contribution in [3.8, 4) is 0 Å². The van der Waals surface area contributed by atoms with Gasteiger partial charge in [0, 0.05) is 13.1 Å². The van der Waals surface area contributed by atoms with Gasteiger partial charge >= 0.3 is 0 Å². The van der Waals surface area contributed by atoms with E-state index in [0.717, 1.165) is 12.2 Å². The van der Waals surface area contributed by atoms with Gasteiger partial charge in [-0.1, -0.05) is 13.0 Å². The Morgan fingerprint density at radius 1 is 1.57 bits per heavy atom. The van der Waals surface area contributed by atoms with Crippen molar-refractivity contribution in [2.75, 3.05) is 11.9 Å². The van der Waals surface area contributed by atoms with Gasteiger partial charge in [0.15, 0.2) is 0 Å². The van der Waals surface area contributed by atoms with E-state index in [4.69, 9.17) is 5.11 Å². The molecule has 0 spiro atoms. The van der Waals surface area contributed by atoms with Crippen LogP contribution in [0.3, 0.4) is 0 Å². The highest BCUT2D eigenvalue weighted by molar-refractivity contribution is 5.36. The van der Waals surface area contributed by atoms with Crippen LogP contribution in [0.25, 0.3) is 0 Å². The molecule has 0 aliphatic heterocycles. The van der Waals surface area contributed by atoms with E-state index in [0.29, 0.717) is 0 Å². The van der Waals surface area contributed by atoms with E-state index in [9.17, 15) is 4.79 Å². The van der Waals surface area contributed by atoms with Crippen molar-refractivity contribution in [3.05, 3.63) is 28.6 Å². The Kier molecular flexibility index (Phi) is 3.71. The highest BCUT2D eigenvalue weighted by Gasteiger charge is 2.05. The summed E-state index contributed by atoms with van der Waals surface area (Å²) in [6, 6.07) is 5.03. The average molecular weight is 196 g/mol. The molecule has 1 aromatic heterocycles. The summed E-state index contributed by atoms with van der Waals surface area (Å²) in [4.78, 5) is 11.3. The first-order valence-corrected chi connectivity index (χ1v) is 4.72. The van der Waals surface area contributed by atoms with Crippen LogP contribution in [0.2, 0.25) is 0 Å². The van der Waals surface area contributed by atoms with Gasteiger partial charge in [0.25, 0.3) is 5.56 Å². The van der Waals surface area contributed by atoms with Gasteiger partial charge in [-0.3, -0.25) is 9.36 Å². The zero-order valence-corrected chi connectivity index (χ0v) is 8.53. The summed E-state index contributed by atoms with van der Waals surface area (Å²) in [5.41, 5.74) is -0.0530. The van der Waals surface area contributed by atoms with Crippen LogP contribution >= 0.6 is 0 Å². The van der Waals surface area contributed by atoms with Gasteiger partial charge in [-0.15, -0.1) is 0 Å². The van der Waals surface area contributed by atoms with E-state index >= 15 is 0 Å². The van der Waals surface area contributed by atoms with Gasteiger partial charge in [0.05, 0.1) is 12.6 Å². The monoisotopic (exact) mass is 196 g/mol. The Labute approximate surface area is 83.2 Å². The van der Waals surface area contributed by atoms with Crippen LogP contribution in [0.4, 0.5) is 5.82 Å². The molecule has 4 heteroatoms. The molecule has 1 heterocycles. The Morgan fingerprint density at radius 3 is 2.86 bits per heavy atom. The van der Waals surface area contributed by atoms with Gasteiger partial charge in [-0.2, -0.15) is 0 Å². The first-order chi connectivity index (χ1) is 6.69. The molecule has 0 amide bonds. The smallest absolute Gasteiger partial charge is 0.251 e. The highest BCUT2D eigenvalue weighted by atomic mass is 16.3. The van der Waals surface area contributed by atoms with Gasteiger partial charge in [0.2, 0.25) is 0 Å². The molecule has 0 radical (unpaired) electrons. The third-order valence-corrected chi connectivity index (χ3v) is 2.25. The summed E-state index contributed by atoms with van der Waals surface area (Å²) in [7, 11) is 1.70. The van der Waals surface area contributed by atoms with Crippen LogP contribution in [0, 0.1) is 0 Å². The lowest BCUT2D eigenvalue weighted by atomic mass is 10.2. The van der Waals surface area contributed by atoms with Crippen molar-refractivity contribution in [1.82, 2.24) is 4.57 Å². The molecule has 1 rings (SSSR count). The molecular weight excluding hydrogens is 180 g/mol. The lowest BCUT2D eigenvalue weighted by Gasteiger charge is -2.17. The molecule has 0 aliphatic rings. The molecule has 0 fully saturated rings. The maximum atomic E-state index is 11.3. The van der Waals surface area contributed by atoms with E-state index in [1.54, 1.807) is 13.1 Å². The number of pyridine rings is 1. The third kappa shape index (κ3) is 2.35. The molecular formula is C10H16N2O2. The molecule has 2 N–H and O–H groups in total. The normalized spacial score (nSPS) is 12.5. The number of aliphatic hydroxyl groups is 1. The van der Waals surface area contributed by atoms with E-state index in [1.165, 1.54) is 10.6 Å². The van der Waals surface area contributed by atoms with Crippen LogP contribution < -0.4 is 10.9 Å². The van der Waals surface area contributed by atoms with E-state index in [-0.39, 0.29) is 18.2 Å². The maximum Gasteiger partial charge on any atom is 0.251 e. The average Bonchev–Trinajstić information content (AvgIpc) is 2.20. The number of rotatable bonds is 4. The fourth-order valence-electron chi connectivity index (χ4n) is 1.19. The molecule has 14 heavy (non-hydrogen) atoms. The van der Waals surface area contributed by atoms with Crippen molar-refractivity contribution in [1.29, 1.82) is 0 Å². The zero-order valence-electron chi connectivity index (χ0n) is 8.53. The minimum absolute atomic E-state index is 0.00278. The number of nitrogens with one attached hydrogen (secondary N) is 1. The largest absolute Gasteiger partial charge is 0.394 e. The Bertz CT molecular complexity index is 342. The van der Waals surface area contributed by atoms with E-state index in [2.05, 4.69) is 5.32 Å². The van der Waals surface area contributed by atoms with Crippen molar-refractivity contribution < 1.29 is 5.11 Å². The number of nitrogens with zero attached hydrogens (tertiary/aromatic N) is 1. The van der Waals surface area contributed by atoms with Gasteiger partial charge < -0.3 is 10.4 Å². The first-order valence-electron chi connectivity index (χ1n) is 4.72. The quantitative estimate of drug-likeness (QED) is 0.740. The minimum atomic E-state index is -0.0530. The van der Waals surface area contributed by atoms with Crippen LogP contribution in [0.5, 0.6) is 0 Å². The second-order valence-electron chi connectivity index (χ2n) is 3.24. The zero-order chi connectivity index (χ0) is 10.6. The van der Waals surface area contributed by atoms with Gasteiger partial charge in [-0.25, -0.2) is 0 Å². The fraction of sp³-hybridized carbons (Fsp3) is 0.500. The second-order valence-corrected chi connectivity index (χ2v) is 3.24. The second kappa shape index (κ2) is 4.81. The standard InChI is InChI=1S/C10H16N2O2/c1-3-8(7-13)11-9-5-4-6-10(14)12(9)2/h4-6,8,11,13H,3,7H2,1-2H3/t8-/m0/s1. The summed E-state index contributed by atoms with van der Waals surface area (Å²) in [6.45, 7) is 2.05. The summed E-state index contributed by atoms with van der Waals surface area (Å²) in [5.74, 6) is 0.735. The predicted molar refractivity (Wildman–Crippen MR) is 56.5 cm³/mol. The third-order valence-electron chi connectivity index (χ3n) is 2.25. The molecule has 4 nitrogen and oxygen atoms in total. The van der Waals surface area contributed by atoms with Crippen molar-refractivity contribution in [2.24, 2.45) is 7.05 Å². The molecule has 1 atom stereocenters. The highest BCUT2D eigenvalue weighted by Crippen LogP contribution is 2.05. The number of hydrogen-bond acceptors (Lipinski definition) is 3. The van der Waals surface area contributed by atoms with Crippen molar-refractivity contribution in [2.45, 2.75) is 19.4 Å². The van der Waals surface area contributed by atoms with E-state index in [1.807, 2.05) is 13.0 Å². The van der Waals surface area contributed by atoms with Crippen molar-refractivity contribution in [3.63, 3.8) is 0 Å². The minimum Gasteiger partial charge on any atom is -0.394 e. The summed E-state index contributed by atoms with van der Waals surface area (Å²) in [6.07, 6.45) is 0.819. The lowest BCUT2D eigenvalue weighted by Crippen LogP contribution is -2.27. The van der Waals surface area contributed by atoms with Crippen molar-refractivity contribution >= 4 is 5.82 Å². The molecule has 0 bridgehead atoms. The maximum absolute atomic E-state index is 11.3. The summed E-state index contributed by atoms with van der Waals surface area (Å²) in [5, 5.41) is 12.1. The molecule has 0 aliphatic carbocycles. The van der Waals surface area contributed by atoms with Crippen LogP contribution in [0.1, 0.15) is 13.3 Å². The van der Waals surface area contributed by atoms with Gasteiger partial charge in [-0.05, 0) is 12.5 Å². The van der Waals surface area contributed by atoms with E-state index < -0.39 is 0 Å². The fourth-order valence-corrected chi connectivity index (χ4v) is 1.19. The molecule has 78 valence electrons. The van der Waals surface area contributed by atoms with Crippen LogP contribution in [-0.2, 0) is 7.05 Å². The van der Waals surface area contributed by atoms with Crippen LogP contribution in [0.15, 0.2) is 23.0 Å². The molecule has 1 aromatic rings. The molecule has 0 aromatic carbocycles.